The Kier molecular flexibility index (Phi) is 4.68. The molecule has 0 unspecified atom stereocenters. The summed E-state index contributed by atoms with van der Waals surface area (Å²) in [6, 6.07) is 3.82. The molecule has 0 atom stereocenters. The van der Waals surface area contributed by atoms with Crippen LogP contribution >= 0.6 is 11.3 Å². The molecule has 20 heavy (non-hydrogen) atoms. The minimum atomic E-state index is -1.22. The molecule has 0 saturated carbocycles. The lowest BCUT2D eigenvalue weighted by Gasteiger charge is -2.08. The van der Waals surface area contributed by atoms with Gasteiger partial charge in [-0.25, -0.2) is 14.2 Å². The smallest absolute Gasteiger partial charge is 0.339 e. The predicted molar refractivity (Wildman–Crippen MR) is 73.8 cm³/mol. The fraction of sp³-hybridized carbons (Fsp3) is 0.286. The molecule has 6 heteroatoms. The van der Waals surface area contributed by atoms with E-state index in [0.717, 1.165) is 17.8 Å². The van der Waals surface area contributed by atoms with Crippen LogP contribution in [0.15, 0.2) is 23.6 Å². The Morgan fingerprint density at radius 1 is 1.50 bits per heavy atom. The molecule has 0 aliphatic rings. The lowest BCUT2D eigenvalue weighted by atomic mass is 10.2. The topological polar surface area (TPSA) is 59.4 Å². The number of aromatic carboxylic acids is 1. The van der Waals surface area contributed by atoms with E-state index >= 15 is 0 Å². The van der Waals surface area contributed by atoms with Gasteiger partial charge in [0.05, 0.1) is 10.7 Å². The summed E-state index contributed by atoms with van der Waals surface area (Å²) in [5.41, 5.74) is 0.493. The van der Waals surface area contributed by atoms with Gasteiger partial charge in [0.15, 0.2) is 11.6 Å². The van der Waals surface area contributed by atoms with Crippen LogP contribution in [0.2, 0.25) is 0 Å². The van der Waals surface area contributed by atoms with Gasteiger partial charge in [0.1, 0.15) is 12.2 Å². The average Bonchev–Trinajstić information content (AvgIpc) is 2.85. The predicted octanol–water partition coefficient (Wildman–Crippen LogP) is 3.51. The highest BCUT2D eigenvalue weighted by Gasteiger charge is 2.16. The van der Waals surface area contributed by atoms with Crippen molar-refractivity contribution < 1.29 is 19.0 Å². The first kappa shape index (κ1) is 14.5. The van der Waals surface area contributed by atoms with E-state index in [1.165, 1.54) is 29.5 Å². The quantitative estimate of drug-likeness (QED) is 0.886. The van der Waals surface area contributed by atoms with Gasteiger partial charge in [-0.15, -0.1) is 11.3 Å². The second-order valence-electron chi connectivity index (χ2n) is 4.19. The molecule has 0 saturated heterocycles. The van der Waals surface area contributed by atoms with E-state index in [0.29, 0.717) is 5.69 Å². The summed E-state index contributed by atoms with van der Waals surface area (Å²) in [7, 11) is 0. The third-order valence-corrected chi connectivity index (χ3v) is 3.58. The number of aromatic nitrogens is 1. The maximum absolute atomic E-state index is 13.6. The molecule has 1 aromatic heterocycles. The summed E-state index contributed by atoms with van der Waals surface area (Å²) in [5, 5.41) is 11.8. The summed E-state index contributed by atoms with van der Waals surface area (Å²) < 4.78 is 18.9. The number of aryl methyl sites for hydroxylation is 1. The van der Waals surface area contributed by atoms with E-state index in [9.17, 15) is 9.18 Å². The molecule has 0 spiro atoms. The molecule has 1 aromatic carbocycles. The number of hydrogen-bond acceptors (Lipinski definition) is 4. The molecule has 0 bridgehead atoms. The van der Waals surface area contributed by atoms with Crippen molar-refractivity contribution in [1.29, 1.82) is 0 Å². The van der Waals surface area contributed by atoms with Crippen LogP contribution in [0.25, 0.3) is 0 Å². The molecule has 0 aliphatic heterocycles. The van der Waals surface area contributed by atoms with Crippen molar-refractivity contribution in [2.45, 2.75) is 26.4 Å². The Labute approximate surface area is 119 Å². The first-order valence-corrected chi connectivity index (χ1v) is 7.07. The molecule has 106 valence electrons. The number of benzene rings is 1. The minimum absolute atomic E-state index is 0.0570. The van der Waals surface area contributed by atoms with Crippen molar-refractivity contribution in [2.24, 2.45) is 0 Å². The molecule has 0 aliphatic carbocycles. The zero-order valence-electron chi connectivity index (χ0n) is 10.9. The third-order valence-electron chi connectivity index (χ3n) is 2.62. The summed E-state index contributed by atoms with van der Waals surface area (Å²) >= 11 is 1.52. The number of rotatable bonds is 6. The molecule has 1 heterocycles. The van der Waals surface area contributed by atoms with E-state index in [4.69, 9.17) is 9.84 Å². The van der Waals surface area contributed by atoms with Crippen LogP contribution in [-0.4, -0.2) is 16.1 Å². The first-order chi connectivity index (χ1) is 9.61. The molecule has 0 amide bonds. The van der Waals surface area contributed by atoms with Crippen LogP contribution in [-0.2, 0) is 13.0 Å². The van der Waals surface area contributed by atoms with E-state index in [-0.39, 0.29) is 17.9 Å². The van der Waals surface area contributed by atoms with Crippen molar-refractivity contribution in [3.63, 3.8) is 0 Å². The molecular formula is C14H14FNO3S. The lowest BCUT2D eigenvalue weighted by molar-refractivity contribution is 0.0690. The van der Waals surface area contributed by atoms with Crippen molar-refractivity contribution in [3.8, 4) is 5.75 Å². The molecule has 0 fully saturated rings. The molecule has 0 radical (unpaired) electrons. The van der Waals surface area contributed by atoms with Crippen molar-refractivity contribution >= 4 is 17.3 Å². The van der Waals surface area contributed by atoms with Gasteiger partial charge in [0.2, 0.25) is 0 Å². The Morgan fingerprint density at radius 2 is 2.30 bits per heavy atom. The van der Waals surface area contributed by atoms with Gasteiger partial charge in [-0.1, -0.05) is 13.0 Å². The SMILES string of the molecule is CCCc1nc(COc2c(F)cccc2C(=O)O)cs1. The van der Waals surface area contributed by atoms with Gasteiger partial charge < -0.3 is 9.84 Å². The van der Waals surface area contributed by atoms with E-state index < -0.39 is 11.8 Å². The monoisotopic (exact) mass is 295 g/mol. The van der Waals surface area contributed by atoms with Gasteiger partial charge in [-0.2, -0.15) is 0 Å². The van der Waals surface area contributed by atoms with E-state index in [1.807, 2.05) is 5.38 Å². The summed E-state index contributed by atoms with van der Waals surface area (Å²) in [6.07, 6.45) is 1.90. The lowest BCUT2D eigenvalue weighted by Crippen LogP contribution is -2.05. The van der Waals surface area contributed by atoms with Crippen LogP contribution in [0.3, 0.4) is 0 Å². The van der Waals surface area contributed by atoms with Gasteiger partial charge in [-0.05, 0) is 25.0 Å². The van der Waals surface area contributed by atoms with Crippen molar-refractivity contribution in [3.05, 3.63) is 45.7 Å². The number of thiazole rings is 1. The third kappa shape index (κ3) is 3.33. The zero-order valence-corrected chi connectivity index (χ0v) is 11.7. The number of hydrogen-bond donors (Lipinski definition) is 1. The van der Waals surface area contributed by atoms with Crippen LogP contribution in [0.4, 0.5) is 4.39 Å². The van der Waals surface area contributed by atoms with Gasteiger partial charge in [0, 0.05) is 5.38 Å². The number of carboxylic acid groups (broad SMARTS) is 1. The second kappa shape index (κ2) is 6.47. The number of para-hydroxylation sites is 1. The number of nitrogens with zero attached hydrogens (tertiary/aromatic N) is 1. The van der Waals surface area contributed by atoms with Gasteiger partial charge in [-0.3, -0.25) is 0 Å². The van der Waals surface area contributed by atoms with Crippen LogP contribution < -0.4 is 4.74 Å². The second-order valence-corrected chi connectivity index (χ2v) is 5.14. The highest BCUT2D eigenvalue weighted by atomic mass is 32.1. The van der Waals surface area contributed by atoms with Crippen LogP contribution in [0, 0.1) is 5.82 Å². The molecule has 1 N–H and O–H groups in total. The van der Waals surface area contributed by atoms with Crippen LogP contribution in [0.1, 0.15) is 34.4 Å². The number of carboxylic acids is 1. The van der Waals surface area contributed by atoms with E-state index in [1.54, 1.807) is 0 Å². The Balaban J connectivity index is 2.12. The average molecular weight is 295 g/mol. The molecule has 4 nitrogen and oxygen atoms in total. The summed E-state index contributed by atoms with van der Waals surface area (Å²) in [5.74, 6) is -2.15. The molecule has 2 rings (SSSR count). The van der Waals surface area contributed by atoms with Gasteiger partial charge in [0.25, 0.3) is 0 Å². The Hall–Kier alpha value is -1.95. The fourth-order valence-electron chi connectivity index (χ4n) is 1.71. The molecule has 2 aromatic rings. The number of ether oxygens (including phenoxy) is 1. The minimum Gasteiger partial charge on any atom is -0.483 e. The van der Waals surface area contributed by atoms with Crippen molar-refractivity contribution in [2.75, 3.05) is 0 Å². The number of halogens is 1. The number of carbonyl (C=O) groups is 1. The Bertz CT molecular complexity index is 612. The fourth-order valence-corrected chi connectivity index (χ4v) is 2.60. The molecular weight excluding hydrogens is 281 g/mol. The summed E-state index contributed by atoms with van der Waals surface area (Å²) in [4.78, 5) is 15.4. The van der Waals surface area contributed by atoms with Crippen LogP contribution in [0.5, 0.6) is 5.75 Å². The maximum Gasteiger partial charge on any atom is 0.339 e. The van der Waals surface area contributed by atoms with E-state index in [2.05, 4.69) is 11.9 Å². The largest absolute Gasteiger partial charge is 0.483 e. The Morgan fingerprint density at radius 3 is 3.00 bits per heavy atom. The highest BCUT2D eigenvalue weighted by Crippen LogP contribution is 2.24. The first-order valence-electron chi connectivity index (χ1n) is 6.19. The van der Waals surface area contributed by atoms with Gasteiger partial charge >= 0.3 is 5.97 Å². The normalized spacial score (nSPS) is 10.5. The zero-order chi connectivity index (χ0) is 14.5. The standard InChI is InChI=1S/C14H14FNO3S/c1-2-4-12-16-9(8-20-12)7-19-13-10(14(17)18)5-3-6-11(13)15/h3,5-6,8H,2,4,7H2,1H3,(H,17,18). The maximum atomic E-state index is 13.6. The summed E-state index contributed by atoms with van der Waals surface area (Å²) in [6.45, 7) is 2.12. The highest BCUT2D eigenvalue weighted by molar-refractivity contribution is 7.09. The van der Waals surface area contributed by atoms with Crippen molar-refractivity contribution in [1.82, 2.24) is 4.98 Å².